The Morgan fingerprint density at radius 2 is 2.06 bits per heavy atom. The highest BCUT2D eigenvalue weighted by atomic mass is 16.6. The predicted octanol–water partition coefficient (Wildman–Crippen LogP) is 2.39. The summed E-state index contributed by atoms with van der Waals surface area (Å²) in [5, 5.41) is 0. The lowest BCUT2D eigenvalue weighted by Gasteiger charge is -2.33. The van der Waals surface area contributed by atoms with Gasteiger partial charge in [0.1, 0.15) is 5.60 Å². The minimum Gasteiger partial charge on any atom is -0.444 e. The first-order valence-corrected chi connectivity index (χ1v) is 5.97. The topological polar surface area (TPSA) is 46.6 Å². The molecule has 0 aromatic heterocycles. The maximum absolute atomic E-state index is 11.8. The van der Waals surface area contributed by atoms with Crippen molar-refractivity contribution in [3.05, 3.63) is 12.7 Å². The summed E-state index contributed by atoms with van der Waals surface area (Å²) in [7, 11) is 0. The van der Waals surface area contributed by atoms with E-state index >= 15 is 0 Å². The largest absolute Gasteiger partial charge is 0.444 e. The van der Waals surface area contributed by atoms with Gasteiger partial charge in [-0.1, -0.05) is 6.58 Å². The molecule has 0 saturated carbocycles. The Labute approximate surface area is 103 Å². The summed E-state index contributed by atoms with van der Waals surface area (Å²) in [6, 6.07) is 0. The molecule has 1 aliphatic heterocycles. The van der Waals surface area contributed by atoms with Gasteiger partial charge in [-0.2, -0.15) is 0 Å². The first-order chi connectivity index (χ1) is 7.83. The van der Waals surface area contributed by atoms with Crippen LogP contribution in [0.2, 0.25) is 0 Å². The van der Waals surface area contributed by atoms with E-state index in [1.165, 1.54) is 6.08 Å². The lowest BCUT2D eigenvalue weighted by atomic mass is 9.94. The highest BCUT2D eigenvalue weighted by Gasteiger charge is 2.29. The Kier molecular flexibility index (Phi) is 4.32. The van der Waals surface area contributed by atoms with Crippen LogP contribution < -0.4 is 0 Å². The van der Waals surface area contributed by atoms with Gasteiger partial charge in [0.2, 0.25) is 0 Å². The van der Waals surface area contributed by atoms with Crippen LogP contribution in [-0.4, -0.2) is 35.5 Å². The van der Waals surface area contributed by atoms with Crippen LogP contribution in [0.5, 0.6) is 0 Å². The third kappa shape index (κ3) is 4.21. The smallest absolute Gasteiger partial charge is 0.410 e. The SMILES string of the molecule is C=CC(=O)[C@H]1CCCN(C(=O)OC(C)(C)C)C1. The average molecular weight is 239 g/mol. The Morgan fingerprint density at radius 1 is 1.41 bits per heavy atom. The number of allylic oxidation sites excluding steroid dienone is 1. The predicted molar refractivity (Wildman–Crippen MR) is 65.7 cm³/mol. The number of likely N-dealkylation sites (tertiary alicyclic amines) is 1. The zero-order valence-electron chi connectivity index (χ0n) is 10.9. The third-order valence-electron chi connectivity index (χ3n) is 2.68. The van der Waals surface area contributed by atoms with Crippen molar-refractivity contribution in [2.45, 2.75) is 39.2 Å². The fourth-order valence-electron chi connectivity index (χ4n) is 1.87. The van der Waals surface area contributed by atoms with Crippen molar-refractivity contribution in [1.82, 2.24) is 4.90 Å². The number of ether oxygens (including phenoxy) is 1. The fraction of sp³-hybridized carbons (Fsp3) is 0.692. The molecule has 0 aromatic carbocycles. The monoisotopic (exact) mass is 239 g/mol. The van der Waals surface area contributed by atoms with Crippen molar-refractivity contribution in [3.63, 3.8) is 0 Å². The van der Waals surface area contributed by atoms with E-state index in [0.29, 0.717) is 13.1 Å². The zero-order chi connectivity index (χ0) is 13.1. The molecule has 0 radical (unpaired) electrons. The number of hydrogen-bond donors (Lipinski definition) is 0. The molecular formula is C13H21NO3. The zero-order valence-corrected chi connectivity index (χ0v) is 10.9. The fourth-order valence-corrected chi connectivity index (χ4v) is 1.87. The molecule has 0 spiro atoms. The molecule has 4 heteroatoms. The van der Waals surface area contributed by atoms with Crippen LogP contribution in [0, 0.1) is 5.92 Å². The van der Waals surface area contributed by atoms with Crippen LogP contribution in [0.25, 0.3) is 0 Å². The maximum Gasteiger partial charge on any atom is 0.410 e. The van der Waals surface area contributed by atoms with Gasteiger partial charge in [0.25, 0.3) is 0 Å². The molecule has 0 aromatic rings. The van der Waals surface area contributed by atoms with Crippen molar-refractivity contribution in [2.75, 3.05) is 13.1 Å². The van der Waals surface area contributed by atoms with E-state index in [2.05, 4.69) is 6.58 Å². The molecule has 0 unspecified atom stereocenters. The molecule has 1 fully saturated rings. The first-order valence-electron chi connectivity index (χ1n) is 5.97. The second-order valence-corrected chi connectivity index (χ2v) is 5.37. The van der Waals surface area contributed by atoms with Gasteiger partial charge in [-0.3, -0.25) is 4.79 Å². The molecule has 0 bridgehead atoms. The van der Waals surface area contributed by atoms with E-state index in [9.17, 15) is 9.59 Å². The highest BCUT2D eigenvalue weighted by molar-refractivity contribution is 5.91. The second kappa shape index (κ2) is 5.34. The van der Waals surface area contributed by atoms with Gasteiger partial charge < -0.3 is 9.64 Å². The van der Waals surface area contributed by atoms with Gasteiger partial charge in [0, 0.05) is 19.0 Å². The Morgan fingerprint density at radius 3 is 2.59 bits per heavy atom. The lowest BCUT2D eigenvalue weighted by Crippen LogP contribution is -2.44. The number of hydrogen-bond acceptors (Lipinski definition) is 3. The van der Waals surface area contributed by atoms with Gasteiger partial charge >= 0.3 is 6.09 Å². The lowest BCUT2D eigenvalue weighted by molar-refractivity contribution is -0.119. The van der Waals surface area contributed by atoms with Gasteiger partial charge in [0.15, 0.2) is 5.78 Å². The highest BCUT2D eigenvalue weighted by Crippen LogP contribution is 2.20. The van der Waals surface area contributed by atoms with E-state index in [1.54, 1.807) is 4.90 Å². The molecule has 0 N–H and O–H groups in total. The van der Waals surface area contributed by atoms with E-state index in [4.69, 9.17) is 4.74 Å². The molecule has 1 atom stereocenters. The Bertz CT molecular complexity index is 317. The summed E-state index contributed by atoms with van der Waals surface area (Å²) < 4.78 is 5.29. The first kappa shape index (κ1) is 13.7. The third-order valence-corrected chi connectivity index (χ3v) is 2.68. The van der Waals surface area contributed by atoms with Gasteiger partial charge in [-0.05, 0) is 39.7 Å². The van der Waals surface area contributed by atoms with Crippen LogP contribution in [0.15, 0.2) is 12.7 Å². The Hall–Kier alpha value is -1.32. The van der Waals surface area contributed by atoms with Gasteiger partial charge in [-0.25, -0.2) is 4.79 Å². The van der Waals surface area contributed by atoms with Gasteiger partial charge in [-0.15, -0.1) is 0 Å². The van der Waals surface area contributed by atoms with Crippen molar-refractivity contribution in [2.24, 2.45) is 5.92 Å². The summed E-state index contributed by atoms with van der Waals surface area (Å²) in [6.07, 6.45) is 2.66. The van der Waals surface area contributed by atoms with Crippen molar-refractivity contribution in [3.8, 4) is 0 Å². The normalized spacial score (nSPS) is 20.9. The number of piperidine rings is 1. The number of ketones is 1. The number of carbonyl (C=O) groups is 2. The van der Waals surface area contributed by atoms with Crippen LogP contribution in [0.4, 0.5) is 4.79 Å². The van der Waals surface area contributed by atoms with Crippen LogP contribution in [0.1, 0.15) is 33.6 Å². The molecule has 0 aliphatic carbocycles. The molecule has 96 valence electrons. The Balaban J connectivity index is 2.57. The van der Waals surface area contributed by atoms with Crippen LogP contribution in [0.3, 0.4) is 0 Å². The minimum absolute atomic E-state index is 0.0123. The quantitative estimate of drug-likeness (QED) is 0.695. The number of amides is 1. The minimum atomic E-state index is -0.494. The molecule has 1 amide bonds. The molecule has 1 rings (SSSR count). The molecular weight excluding hydrogens is 218 g/mol. The van der Waals surface area contributed by atoms with Crippen molar-refractivity contribution < 1.29 is 14.3 Å². The molecule has 1 aliphatic rings. The average Bonchev–Trinajstić information content (AvgIpc) is 2.26. The van der Waals surface area contributed by atoms with Crippen molar-refractivity contribution in [1.29, 1.82) is 0 Å². The summed E-state index contributed by atoms with van der Waals surface area (Å²) in [5.41, 5.74) is -0.494. The molecule has 17 heavy (non-hydrogen) atoms. The second-order valence-electron chi connectivity index (χ2n) is 5.37. The summed E-state index contributed by atoms with van der Waals surface area (Å²) in [6.45, 7) is 10.1. The summed E-state index contributed by atoms with van der Waals surface area (Å²) in [5.74, 6) is -0.105. The van der Waals surface area contributed by atoms with Gasteiger partial charge in [0.05, 0.1) is 0 Å². The van der Waals surface area contributed by atoms with E-state index in [0.717, 1.165) is 12.8 Å². The summed E-state index contributed by atoms with van der Waals surface area (Å²) >= 11 is 0. The maximum atomic E-state index is 11.8. The molecule has 4 nitrogen and oxygen atoms in total. The molecule has 1 saturated heterocycles. The van der Waals surface area contributed by atoms with E-state index in [-0.39, 0.29) is 17.8 Å². The number of carbonyl (C=O) groups excluding carboxylic acids is 2. The number of nitrogens with zero attached hydrogens (tertiary/aromatic N) is 1. The van der Waals surface area contributed by atoms with E-state index < -0.39 is 5.60 Å². The summed E-state index contributed by atoms with van der Waals surface area (Å²) in [4.78, 5) is 25.0. The van der Waals surface area contributed by atoms with Crippen LogP contribution >= 0.6 is 0 Å². The molecule has 1 heterocycles. The standard InChI is InChI=1S/C13H21NO3/c1-5-11(15)10-7-6-8-14(9-10)12(16)17-13(2,3)4/h5,10H,1,6-9H2,2-4H3/t10-/m0/s1. The van der Waals surface area contributed by atoms with Crippen molar-refractivity contribution >= 4 is 11.9 Å². The van der Waals surface area contributed by atoms with Crippen LogP contribution in [-0.2, 0) is 9.53 Å². The number of rotatable bonds is 2. The van der Waals surface area contributed by atoms with E-state index in [1.807, 2.05) is 20.8 Å².